The zero-order valence-corrected chi connectivity index (χ0v) is 17.2. The van der Waals surface area contributed by atoms with Gasteiger partial charge in [-0.2, -0.15) is 16.4 Å². The zero-order chi connectivity index (χ0) is 21.0. The molecule has 0 nitrogen and oxygen atoms in total. The van der Waals surface area contributed by atoms with Crippen molar-refractivity contribution in [3.63, 3.8) is 0 Å². The van der Waals surface area contributed by atoms with Gasteiger partial charge in [0.2, 0.25) is 0 Å². The van der Waals surface area contributed by atoms with Crippen LogP contribution in [0.15, 0.2) is 109 Å². The Morgan fingerprint density at radius 3 is 1.19 bits per heavy atom. The molecule has 0 saturated heterocycles. The van der Waals surface area contributed by atoms with E-state index in [1.165, 1.54) is 36.4 Å². The van der Waals surface area contributed by atoms with Crippen molar-refractivity contribution in [1.29, 1.82) is 0 Å². The van der Waals surface area contributed by atoms with Crippen LogP contribution in [0.1, 0.15) is 5.56 Å². The van der Waals surface area contributed by atoms with Crippen molar-refractivity contribution >= 4 is 28.6 Å². The smallest absolute Gasteiger partial charge is 0.231 e. The molecule has 0 bridgehead atoms. The van der Waals surface area contributed by atoms with Gasteiger partial charge in [-0.3, -0.25) is 0 Å². The first-order valence-corrected chi connectivity index (χ1v) is 9.76. The summed E-state index contributed by atoms with van der Waals surface area (Å²) in [6.07, 6.45) is 0.232. The van der Waals surface area contributed by atoms with Crippen LogP contribution in [-0.4, -0.2) is 6.15 Å². The maximum absolute atomic E-state index is 13.7. The Kier molecular flexibility index (Phi) is 7.28. The van der Waals surface area contributed by atoms with Gasteiger partial charge in [-0.1, -0.05) is 72.8 Å². The molecule has 0 aromatic heterocycles. The Morgan fingerprint density at radius 1 is 0.484 bits per heavy atom. The van der Waals surface area contributed by atoms with Crippen molar-refractivity contribution in [2.24, 2.45) is 0 Å². The third-order valence-electron chi connectivity index (χ3n) is 5.56. The fourth-order valence-electron chi connectivity index (χ4n) is 4.03. The second kappa shape index (κ2) is 9.92. The summed E-state index contributed by atoms with van der Waals surface area (Å²) in [5.41, 5.74) is 3.54. The van der Waals surface area contributed by atoms with Gasteiger partial charge < -0.3 is 0 Å². The molecule has 0 unspecified atom stereocenters. The summed E-state index contributed by atoms with van der Waals surface area (Å²) in [7, 11) is 0. The molecule has 31 heavy (non-hydrogen) atoms. The molecule has 0 N–H and O–H groups in total. The first-order chi connectivity index (χ1) is 14.6. The van der Waals surface area contributed by atoms with Crippen LogP contribution in [0.2, 0.25) is 0 Å². The van der Waals surface area contributed by atoms with E-state index in [1.54, 1.807) is 36.4 Å². The van der Waals surface area contributed by atoms with Gasteiger partial charge in [0.1, 0.15) is 23.6 Å². The molecule has 0 amide bonds. The Labute approximate surface area is 192 Å². The molecule has 0 fully saturated rings. The summed E-state index contributed by atoms with van der Waals surface area (Å²) in [4.78, 5) is 0. The average molecular weight is 406 g/mol. The Bertz CT molecular complexity index is 1030. The van der Waals surface area contributed by atoms with Gasteiger partial charge >= 0.3 is 18.9 Å². The molecule has 4 aromatic carbocycles. The molecule has 0 atom stereocenters. The summed E-state index contributed by atoms with van der Waals surface area (Å²) in [5.74, 6) is 1.04. The van der Waals surface area contributed by atoms with Gasteiger partial charge in [-0.25, -0.2) is 19.1 Å². The van der Waals surface area contributed by atoms with Crippen molar-refractivity contribution in [3.8, 4) is 0 Å². The molecule has 0 radical (unpaired) electrons. The molecular formula is C26H19BF3Li. The molecule has 0 aliphatic heterocycles. The molecule has 0 heterocycles. The molecule has 0 aliphatic rings. The minimum Gasteiger partial charge on any atom is -0.231 e. The maximum atomic E-state index is 13.7. The zero-order valence-electron chi connectivity index (χ0n) is 17.2. The van der Waals surface area contributed by atoms with Gasteiger partial charge in [-0.05, 0) is 42.0 Å². The summed E-state index contributed by atoms with van der Waals surface area (Å²) in [5, 5.41) is 0. The van der Waals surface area contributed by atoms with Crippen LogP contribution in [-0.2, 0) is 0 Å². The van der Waals surface area contributed by atoms with E-state index >= 15 is 0 Å². The number of halogens is 3. The molecule has 5 heteroatoms. The minimum absolute atomic E-state index is 0. The van der Waals surface area contributed by atoms with E-state index in [0.717, 1.165) is 22.0 Å². The van der Waals surface area contributed by atoms with Gasteiger partial charge in [0.15, 0.2) is 0 Å². The van der Waals surface area contributed by atoms with Crippen molar-refractivity contribution < 1.29 is 32.0 Å². The van der Waals surface area contributed by atoms with Crippen molar-refractivity contribution in [3.05, 3.63) is 132 Å². The van der Waals surface area contributed by atoms with Crippen LogP contribution in [0.5, 0.6) is 0 Å². The largest absolute Gasteiger partial charge is 1.00 e. The van der Waals surface area contributed by atoms with Crippen molar-refractivity contribution in [2.75, 3.05) is 0 Å². The van der Waals surface area contributed by atoms with E-state index in [1.807, 2.05) is 36.4 Å². The molecule has 0 saturated carbocycles. The Morgan fingerprint density at radius 2 is 0.839 bits per heavy atom. The fraction of sp³-hybridized carbons (Fsp3) is 0. The van der Waals surface area contributed by atoms with Crippen LogP contribution in [0.3, 0.4) is 0 Å². The molecular weight excluding hydrogens is 387 g/mol. The van der Waals surface area contributed by atoms with Crippen LogP contribution in [0.25, 0.3) is 6.08 Å². The van der Waals surface area contributed by atoms with E-state index in [-0.39, 0.29) is 36.3 Å². The molecule has 0 spiro atoms. The number of hydrogen-bond acceptors (Lipinski definition) is 0. The first-order valence-electron chi connectivity index (χ1n) is 9.76. The van der Waals surface area contributed by atoms with Crippen molar-refractivity contribution in [1.82, 2.24) is 0 Å². The number of hydrogen-bond donors (Lipinski definition) is 0. The van der Waals surface area contributed by atoms with Crippen LogP contribution in [0.4, 0.5) is 13.2 Å². The fourth-order valence-corrected chi connectivity index (χ4v) is 4.03. The number of rotatable bonds is 5. The molecule has 4 aromatic rings. The second-order valence-electron chi connectivity index (χ2n) is 7.36. The third kappa shape index (κ3) is 4.88. The van der Waals surface area contributed by atoms with E-state index in [9.17, 15) is 13.2 Å². The molecule has 4 rings (SSSR count). The monoisotopic (exact) mass is 406 g/mol. The topological polar surface area (TPSA) is 0 Å². The predicted molar refractivity (Wildman–Crippen MR) is 119 cm³/mol. The Balaban J connectivity index is 0.00000272. The van der Waals surface area contributed by atoms with E-state index in [4.69, 9.17) is 0 Å². The average Bonchev–Trinajstić information content (AvgIpc) is 2.78. The molecule has 0 aliphatic carbocycles. The van der Waals surface area contributed by atoms with E-state index in [0.29, 0.717) is 0 Å². The van der Waals surface area contributed by atoms with E-state index in [2.05, 4.69) is 5.98 Å². The SMILES string of the molecule is Fc1ccc([B-](C=Cc2ccccc2)(c2ccc(F)cc2)c2ccc(F)cc2)cc1.[Li+]. The number of benzene rings is 4. The molecule has 148 valence electrons. The first kappa shape index (κ1) is 22.8. The minimum atomic E-state index is -1.76. The standard InChI is InChI=1S/C26H19BF3.Li/c28-24-12-6-21(7-13-24)27(22-8-14-25(29)15-9-22,23-10-16-26(30)17-11-23)19-18-20-4-2-1-3-5-20;/h1-19H;/q-1;+1. The third-order valence-corrected chi connectivity index (χ3v) is 5.56. The maximum Gasteiger partial charge on any atom is 1.00 e. The Hall–Kier alpha value is -2.93. The summed E-state index contributed by atoms with van der Waals surface area (Å²) >= 11 is 0. The van der Waals surface area contributed by atoms with Crippen molar-refractivity contribution in [2.45, 2.75) is 0 Å². The predicted octanol–water partition coefficient (Wildman–Crippen LogP) is 1.83. The van der Waals surface area contributed by atoms with Gasteiger partial charge in [-0.15, -0.1) is 0 Å². The van der Waals surface area contributed by atoms with Gasteiger partial charge in [0, 0.05) is 0 Å². The quantitative estimate of drug-likeness (QED) is 0.444. The normalized spacial score (nSPS) is 11.3. The van der Waals surface area contributed by atoms with Crippen LogP contribution >= 0.6 is 0 Å². The van der Waals surface area contributed by atoms with Crippen LogP contribution < -0.4 is 35.2 Å². The van der Waals surface area contributed by atoms with Gasteiger partial charge in [0.25, 0.3) is 0 Å². The second-order valence-corrected chi connectivity index (χ2v) is 7.36. The van der Waals surface area contributed by atoms with Gasteiger partial charge in [0.05, 0.1) is 0 Å². The summed E-state index contributed by atoms with van der Waals surface area (Å²) < 4.78 is 41.2. The summed E-state index contributed by atoms with van der Waals surface area (Å²) in [6, 6.07) is 28.7. The summed E-state index contributed by atoms with van der Waals surface area (Å²) in [6.45, 7) is 0. The van der Waals surface area contributed by atoms with E-state index < -0.39 is 6.15 Å². The van der Waals surface area contributed by atoms with Crippen LogP contribution in [0, 0.1) is 17.5 Å².